The average molecular weight is 339 g/mol. The van der Waals surface area contributed by atoms with E-state index in [1.165, 1.54) is 30.6 Å². The molecule has 1 aliphatic rings. The van der Waals surface area contributed by atoms with Gasteiger partial charge >= 0.3 is 0 Å². The van der Waals surface area contributed by atoms with Gasteiger partial charge in [0.05, 0.1) is 16.8 Å². The fourth-order valence-electron chi connectivity index (χ4n) is 2.99. The van der Waals surface area contributed by atoms with Crippen LogP contribution in [0.15, 0.2) is 12.1 Å². The largest absolute Gasteiger partial charge is 0.494 e. The highest BCUT2D eigenvalue weighted by Crippen LogP contribution is 2.37. The molecule has 0 bridgehead atoms. The van der Waals surface area contributed by atoms with Crippen molar-refractivity contribution in [2.24, 2.45) is 5.92 Å². The van der Waals surface area contributed by atoms with Crippen LogP contribution in [-0.2, 0) is 4.79 Å². The number of anilines is 1. The predicted octanol–water partition coefficient (Wildman–Crippen LogP) is 4.87. The topological polar surface area (TPSA) is 51.2 Å². The number of halogens is 1. The zero-order chi connectivity index (χ0) is 15.5. The Balaban J connectivity index is 1.73. The van der Waals surface area contributed by atoms with Crippen molar-refractivity contribution < 1.29 is 9.53 Å². The third-order valence-electron chi connectivity index (χ3n) is 4.12. The van der Waals surface area contributed by atoms with Gasteiger partial charge in [-0.3, -0.25) is 4.79 Å². The maximum absolute atomic E-state index is 12.2. The summed E-state index contributed by atoms with van der Waals surface area (Å²) in [7, 11) is 1.60. The summed E-state index contributed by atoms with van der Waals surface area (Å²) in [5.41, 5.74) is 0.702. The van der Waals surface area contributed by atoms with Gasteiger partial charge in [-0.25, -0.2) is 4.98 Å². The van der Waals surface area contributed by atoms with Gasteiger partial charge in [-0.05, 0) is 30.9 Å². The van der Waals surface area contributed by atoms with Crippen LogP contribution in [0.25, 0.3) is 10.2 Å². The molecule has 1 amide bonds. The van der Waals surface area contributed by atoms with Gasteiger partial charge in [0.25, 0.3) is 0 Å². The molecule has 0 atom stereocenters. The van der Waals surface area contributed by atoms with Crippen LogP contribution in [0.1, 0.15) is 38.5 Å². The minimum atomic E-state index is 0.0426. The van der Waals surface area contributed by atoms with E-state index in [4.69, 9.17) is 16.3 Å². The van der Waals surface area contributed by atoms with E-state index in [0.717, 1.165) is 17.5 Å². The summed E-state index contributed by atoms with van der Waals surface area (Å²) in [5, 5.41) is 4.12. The average Bonchev–Trinajstić information content (AvgIpc) is 2.93. The van der Waals surface area contributed by atoms with Gasteiger partial charge in [-0.15, -0.1) is 0 Å². The lowest BCUT2D eigenvalue weighted by Gasteiger charge is -2.20. The van der Waals surface area contributed by atoms with Crippen LogP contribution >= 0.6 is 22.9 Å². The SMILES string of the molecule is COc1ccc(Cl)c2sc(NC(=O)CC3CCCCC3)nc12. The van der Waals surface area contributed by atoms with Crippen LogP contribution < -0.4 is 10.1 Å². The van der Waals surface area contributed by atoms with E-state index in [0.29, 0.717) is 33.8 Å². The van der Waals surface area contributed by atoms with Gasteiger partial charge in [-0.2, -0.15) is 0 Å². The van der Waals surface area contributed by atoms with E-state index in [9.17, 15) is 4.79 Å². The van der Waals surface area contributed by atoms with Crippen LogP contribution in [0.3, 0.4) is 0 Å². The summed E-state index contributed by atoms with van der Waals surface area (Å²) in [5.74, 6) is 1.23. The Morgan fingerprint density at radius 3 is 2.91 bits per heavy atom. The normalized spacial score (nSPS) is 15.9. The first-order chi connectivity index (χ1) is 10.7. The predicted molar refractivity (Wildman–Crippen MR) is 91.0 cm³/mol. The summed E-state index contributed by atoms with van der Waals surface area (Å²) in [6.07, 6.45) is 6.69. The number of nitrogens with zero attached hydrogens (tertiary/aromatic N) is 1. The fourth-order valence-corrected chi connectivity index (χ4v) is 4.17. The second-order valence-corrected chi connectivity index (χ2v) is 7.11. The zero-order valence-electron chi connectivity index (χ0n) is 12.5. The first kappa shape index (κ1) is 15.6. The lowest BCUT2D eigenvalue weighted by Crippen LogP contribution is -2.18. The second kappa shape index (κ2) is 6.84. The second-order valence-electron chi connectivity index (χ2n) is 5.70. The number of hydrogen-bond acceptors (Lipinski definition) is 4. The standard InChI is InChI=1S/C16H19ClN2O2S/c1-21-12-8-7-11(17)15-14(12)19-16(22-15)18-13(20)9-10-5-3-2-4-6-10/h7-8,10H,2-6,9H2,1H3,(H,18,19,20). The molecule has 4 nitrogen and oxygen atoms in total. The van der Waals surface area contributed by atoms with Gasteiger partial charge < -0.3 is 10.1 Å². The molecule has 0 spiro atoms. The van der Waals surface area contributed by atoms with Crippen molar-refractivity contribution in [3.8, 4) is 5.75 Å². The number of hydrogen-bond donors (Lipinski definition) is 1. The van der Waals surface area contributed by atoms with Gasteiger partial charge in [0, 0.05) is 6.42 Å². The monoisotopic (exact) mass is 338 g/mol. The molecule has 6 heteroatoms. The number of carbonyl (C=O) groups is 1. The molecule has 1 N–H and O–H groups in total. The number of aromatic nitrogens is 1. The Kier molecular flexibility index (Phi) is 4.84. The Hall–Kier alpha value is -1.33. The zero-order valence-corrected chi connectivity index (χ0v) is 14.1. The quantitative estimate of drug-likeness (QED) is 0.865. The molecule has 2 aromatic rings. The van der Waals surface area contributed by atoms with Crippen LogP contribution in [0.2, 0.25) is 5.02 Å². The summed E-state index contributed by atoms with van der Waals surface area (Å²) in [6.45, 7) is 0. The van der Waals surface area contributed by atoms with Crippen molar-refractivity contribution in [2.75, 3.05) is 12.4 Å². The number of ether oxygens (including phenoxy) is 1. The number of methoxy groups -OCH3 is 1. The molecule has 1 aromatic carbocycles. The molecular weight excluding hydrogens is 320 g/mol. The van der Waals surface area contributed by atoms with Crippen LogP contribution in [-0.4, -0.2) is 18.0 Å². The third-order valence-corrected chi connectivity index (χ3v) is 5.55. The van der Waals surface area contributed by atoms with E-state index in [-0.39, 0.29) is 5.91 Å². The maximum atomic E-state index is 12.2. The first-order valence-electron chi connectivity index (χ1n) is 7.60. The van der Waals surface area contributed by atoms with Crippen molar-refractivity contribution >= 4 is 44.2 Å². The Morgan fingerprint density at radius 2 is 2.18 bits per heavy atom. The number of fused-ring (bicyclic) bond motifs is 1. The molecule has 0 unspecified atom stereocenters. The molecule has 3 rings (SSSR count). The van der Waals surface area contributed by atoms with Gasteiger partial charge in [-0.1, -0.05) is 42.2 Å². The van der Waals surface area contributed by atoms with E-state index >= 15 is 0 Å². The van der Waals surface area contributed by atoms with Crippen molar-refractivity contribution in [1.29, 1.82) is 0 Å². The van der Waals surface area contributed by atoms with Gasteiger partial charge in [0.1, 0.15) is 11.3 Å². The molecule has 0 radical (unpaired) electrons. The van der Waals surface area contributed by atoms with Gasteiger partial charge in [0.2, 0.25) is 5.91 Å². The number of amides is 1. The number of rotatable bonds is 4. The summed E-state index contributed by atoms with van der Waals surface area (Å²) in [6, 6.07) is 3.58. The molecule has 22 heavy (non-hydrogen) atoms. The van der Waals surface area contributed by atoms with Crippen LogP contribution in [0, 0.1) is 5.92 Å². The maximum Gasteiger partial charge on any atom is 0.226 e. The molecule has 1 heterocycles. The molecule has 0 aliphatic heterocycles. The summed E-state index contributed by atoms with van der Waals surface area (Å²) >= 11 is 7.58. The molecule has 1 saturated carbocycles. The third kappa shape index (κ3) is 3.36. The molecule has 118 valence electrons. The number of thiazole rings is 1. The lowest BCUT2D eigenvalue weighted by atomic mass is 9.87. The fraction of sp³-hybridized carbons (Fsp3) is 0.500. The molecule has 1 aliphatic carbocycles. The van der Waals surface area contributed by atoms with Crippen molar-refractivity contribution in [2.45, 2.75) is 38.5 Å². The molecular formula is C16H19ClN2O2S. The van der Waals surface area contributed by atoms with Crippen LogP contribution in [0.4, 0.5) is 5.13 Å². The lowest BCUT2D eigenvalue weighted by molar-refractivity contribution is -0.117. The smallest absolute Gasteiger partial charge is 0.226 e. The number of benzene rings is 1. The highest BCUT2D eigenvalue weighted by molar-refractivity contribution is 7.23. The van der Waals surface area contributed by atoms with E-state index < -0.39 is 0 Å². The van der Waals surface area contributed by atoms with Crippen LogP contribution in [0.5, 0.6) is 5.75 Å². The highest BCUT2D eigenvalue weighted by atomic mass is 35.5. The minimum Gasteiger partial charge on any atom is -0.494 e. The van der Waals surface area contributed by atoms with Crippen molar-refractivity contribution in [3.05, 3.63) is 17.2 Å². The first-order valence-corrected chi connectivity index (χ1v) is 8.79. The van der Waals surface area contributed by atoms with E-state index in [1.54, 1.807) is 19.2 Å². The summed E-state index contributed by atoms with van der Waals surface area (Å²) < 4.78 is 6.14. The van der Waals surface area contributed by atoms with E-state index in [1.807, 2.05) is 0 Å². The molecule has 1 fully saturated rings. The summed E-state index contributed by atoms with van der Waals surface area (Å²) in [4.78, 5) is 16.6. The number of carbonyl (C=O) groups excluding carboxylic acids is 1. The Labute approximate surface area is 138 Å². The Morgan fingerprint density at radius 1 is 1.41 bits per heavy atom. The molecule has 1 aromatic heterocycles. The molecule has 0 saturated heterocycles. The van der Waals surface area contributed by atoms with E-state index in [2.05, 4.69) is 10.3 Å². The van der Waals surface area contributed by atoms with Crippen molar-refractivity contribution in [3.63, 3.8) is 0 Å². The van der Waals surface area contributed by atoms with Gasteiger partial charge in [0.15, 0.2) is 5.13 Å². The number of nitrogens with one attached hydrogen (secondary N) is 1. The minimum absolute atomic E-state index is 0.0426. The van der Waals surface area contributed by atoms with Crippen molar-refractivity contribution in [1.82, 2.24) is 4.98 Å². The highest BCUT2D eigenvalue weighted by Gasteiger charge is 2.19. The Bertz CT molecular complexity index is 680.